The Bertz CT molecular complexity index is 678. The third-order valence-electron chi connectivity index (χ3n) is 2.36. The molecule has 0 saturated heterocycles. The van der Waals surface area contributed by atoms with Crippen LogP contribution < -0.4 is 0 Å². The second-order valence-electron chi connectivity index (χ2n) is 3.77. The van der Waals surface area contributed by atoms with Crippen molar-refractivity contribution in [3.63, 3.8) is 0 Å². The lowest BCUT2D eigenvalue weighted by Gasteiger charge is -2.00. The van der Waals surface area contributed by atoms with E-state index >= 15 is 0 Å². The summed E-state index contributed by atoms with van der Waals surface area (Å²) in [4.78, 5) is 12.8. The second-order valence-corrected chi connectivity index (χ2v) is 5.82. The minimum Gasteiger partial charge on any atom is -0.275 e. The van der Waals surface area contributed by atoms with Gasteiger partial charge in [0.05, 0.1) is 18.1 Å². The normalized spacial score (nSPS) is 10.9. The summed E-state index contributed by atoms with van der Waals surface area (Å²) in [5, 5.41) is 5.10. The van der Waals surface area contributed by atoms with Crippen LogP contribution in [0.3, 0.4) is 0 Å². The summed E-state index contributed by atoms with van der Waals surface area (Å²) < 4.78 is 2.28. The highest BCUT2D eigenvalue weighted by Crippen LogP contribution is 2.28. The Morgan fingerprint density at radius 1 is 1.21 bits per heavy atom. The van der Waals surface area contributed by atoms with Crippen molar-refractivity contribution in [2.24, 2.45) is 7.05 Å². The molecule has 0 unspecified atom stereocenters. The summed E-state index contributed by atoms with van der Waals surface area (Å²) in [7, 11) is 1.84. The predicted octanol–water partition coefficient (Wildman–Crippen LogP) is 3.31. The predicted molar refractivity (Wildman–Crippen MR) is 75.4 cm³/mol. The number of thiazole rings is 1. The van der Waals surface area contributed by atoms with Crippen molar-refractivity contribution in [2.45, 2.75) is 0 Å². The van der Waals surface area contributed by atoms with E-state index in [9.17, 15) is 0 Å². The SMILES string of the molecule is Cn1cc(-c2cc(Cl)nc(-c3ncc(Cl)s3)n2)cn1. The van der Waals surface area contributed by atoms with Gasteiger partial charge in [0.2, 0.25) is 0 Å². The van der Waals surface area contributed by atoms with Gasteiger partial charge in [-0.25, -0.2) is 15.0 Å². The zero-order chi connectivity index (χ0) is 13.4. The van der Waals surface area contributed by atoms with Gasteiger partial charge in [-0.1, -0.05) is 34.5 Å². The van der Waals surface area contributed by atoms with Gasteiger partial charge in [-0.3, -0.25) is 4.68 Å². The number of hydrogen-bond acceptors (Lipinski definition) is 5. The number of aryl methyl sites for hydroxylation is 1. The van der Waals surface area contributed by atoms with E-state index in [1.807, 2.05) is 13.2 Å². The Hall–Kier alpha value is -1.50. The van der Waals surface area contributed by atoms with Gasteiger partial charge < -0.3 is 0 Å². The average Bonchev–Trinajstić information content (AvgIpc) is 2.97. The second kappa shape index (κ2) is 4.88. The zero-order valence-corrected chi connectivity index (χ0v) is 12.0. The third kappa shape index (κ3) is 2.60. The van der Waals surface area contributed by atoms with Gasteiger partial charge in [0, 0.05) is 24.9 Å². The molecule has 0 aromatic carbocycles. The highest BCUT2D eigenvalue weighted by atomic mass is 35.5. The summed E-state index contributed by atoms with van der Waals surface area (Å²) in [6.07, 6.45) is 5.14. The molecule has 0 aliphatic heterocycles. The Morgan fingerprint density at radius 3 is 2.68 bits per heavy atom. The molecule has 3 rings (SSSR count). The Morgan fingerprint density at radius 2 is 2.05 bits per heavy atom. The molecule has 0 saturated carbocycles. The van der Waals surface area contributed by atoms with Crippen LogP contribution in [0.5, 0.6) is 0 Å². The first-order chi connectivity index (χ1) is 9.11. The first-order valence-corrected chi connectivity index (χ1v) is 6.84. The van der Waals surface area contributed by atoms with Crippen molar-refractivity contribution >= 4 is 34.5 Å². The van der Waals surface area contributed by atoms with Crippen molar-refractivity contribution in [3.05, 3.63) is 34.1 Å². The lowest BCUT2D eigenvalue weighted by molar-refractivity contribution is 0.768. The molecule has 3 aromatic rings. The molecule has 0 bridgehead atoms. The molecule has 0 aliphatic rings. The maximum absolute atomic E-state index is 6.03. The van der Waals surface area contributed by atoms with E-state index in [0.717, 1.165) is 5.56 Å². The molecule has 0 fully saturated rings. The summed E-state index contributed by atoms with van der Waals surface area (Å²) in [5.41, 5.74) is 1.57. The van der Waals surface area contributed by atoms with E-state index in [1.54, 1.807) is 23.1 Å². The van der Waals surface area contributed by atoms with Crippen LogP contribution in [0.1, 0.15) is 0 Å². The topological polar surface area (TPSA) is 56.5 Å². The van der Waals surface area contributed by atoms with Gasteiger partial charge in [-0.2, -0.15) is 5.10 Å². The molecular weight excluding hydrogens is 305 g/mol. The largest absolute Gasteiger partial charge is 0.275 e. The maximum Gasteiger partial charge on any atom is 0.190 e. The molecule has 0 spiro atoms. The fourth-order valence-corrected chi connectivity index (χ4v) is 2.60. The fraction of sp³-hybridized carbons (Fsp3) is 0.0909. The Labute approximate surface area is 122 Å². The summed E-state index contributed by atoms with van der Waals surface area (Å²) in [6.45, 7) is 0. The molecule has 96 valence electrons. The van der Waals surface area contributed by atoms with E-state index in [-0.39, 0.29) is 0 Å². The van der Waals surface area contributed by atoms with Gasteiger partial charge in [0.25, 0.3) is 0 Å². The van der Waals surface area contributed by atoms with E-state index in [1.165, 1.54) is 11.3 Å². The van der Waals surface area contributed by atoms with Crippen LogP contribution in [0.25, 0.3) is 22.1 Å². The van der Waals surface area contributed by atoms with Crippen molar-refractivity contribution in [1.29, 1.82) is 0 Å². The van der Waals surface area contributed by atoms with Crippen LogP contribution in [0, 0.1) is 0 Å². The Balaban J connectivity index is 2.10. The quantitative estimate of drug-likeness (QED) is 0.681. The summed E-state index contributed by atoms with van der Waals surface area (Å²) >= 11 is 13.2. The molecule has 8 heteroatoms. The highest BCUT2D eigenvalue weighted by molar-refractivity contribution is 7.18. The lowest BCUT2D eigenvalue weighted by Crippen LogP contribution is -1.92. The average molecular weight is 312 g/mol. The monoisotopic (exact) mass is 311 g/mol. The van der Waals surface area contributed by atoms with Crippen LogP contribution in [0.4, 0.5) is 0 Å². The van der Waals surface area contributed by atoms with Gasteiger partial charge in [0.15, 0.2) is 10.8 Å². The van der Waals surface area contributed by atoms with Crippen LogP contribution in [0.2, 0.25) is 9.49 Å². The van der Waals surface area contributed by atoms with Crippen LogP contribution >= 0.6 is 34.5 Å². The Kier molecular flexibility index (Phi) is 3.22. The number of hydrogen-bond donors (Lipinski definition) is 0. The number of rotatable bonds is 2. The molecule has 0 amide bonds. The van der Waals surface area contributed by atoms with Crippen molar-refractivity contribution in [1.82, 2.24) is 24.7 Å². The smallest absolute Gasteiger partial charge is 0.190 e. The lowest BCUT2D eigenvalue weighted by atomic mass is 10.2. The third-order valence-corrected chi connectivity index (χ3v) is 3.67. The molecule has 19 heavy (non-hydrogen) atoms. The minimum absolute atomic E-state index is 0.357. The van der Waals surface area contributed by atoms with Crippen LogP contribution in [-0.4, -0.2) is 24.7 Å². The van der Waals surface area contributed by atoms with Crippen molar-refractivity contribution in [2.75, 3.05) is 0 Å². The van der Waals surface area contributed by atoms with E-state index in [4.69, 9.17) is 23.2 Å². The number of halogens is 2. The van der Waals surface area contributed by atoms with E-state index < -0.39 is 0 Å². The highest BCUT2D eigenvalue weighted by Gasteiger charge is 2.11. The maximum atomic E-state index is 6.03. The van der Waals surface area contributed by atoms with E-state index in [2.05, 4.69) is 20.1 Å². The van der Waals surface area contributed by atoms with Crippen LogP contribution in [0.15, 0.2) is 24.7 Å². The molecule has 0 radical (unpaired) electrons. The number of aromatic nitrogens is 5. The summed E-state index contributed by atoms with van der Waals surface area (Å²) in [5.74, 6) is 0.461. The van der Waals surface area contributed by atoms with E-state index in [0.29, 0.717) is 26.0 Å². The van der Waals surface area contributed by atoms with Crippen LogP contribution in [-0.2, 0) is 7.05 Å². The standard InChI is InChI=1S/C11H7Cl2N5S/c1-18-5-6(3-15-18)7-2-8(12)17-10(16-7)11-14-4-9(13)19-11/h2-5H,1H3. The van der Waals surface area contributed by atoms with Crippen molar-refractivity contribution in [3.8, 4) is 22.1 Å². The van der Waals surface area contributed by atoms with Gasteiger partial charge in [-0.15, -0.1) is 0 Å². The first-order valence-electron chi connectivity index (χ1n) is 5.27. The molecular formula is C11H7Cl2N5S. The first kappa shape index (κ1) is 12.5. The molecule has 3 heterocycles. The molecule has 5 nitrogen and oxygen atoms in total. The summed E-state index contributed by atoms with van der Waals surface area (Å²) in [6, 6.07) is 1.69. The molecule has 0 aliphatic carbocycles. The molecule has 0 N–H and O–H groups in total. The van der Waals surface area contributed by atoms with Crippen molar-refractivity contribution < 1.29 is 0 Å². The van der Waals surface area contributed by atoms with Gasteiger partial charge in [-0.05, 0) is 0 Å². The van der Waals surface area contributed by atoms with Gasteiger partial charge in [0.1, 0.15) is 9.49 Å². The number of nitrogens with zero attached hydrogens (tertiary/aromatic N) is 5. The molecule has 3 aromatic heterocycles. The fourth-order valence-electron chi connectivity index (χ4n) is 1.57. The zero-order valence-electron chi connectivity index (χ0n) is 9.71. The van der Waals surface area contributed by atoms with Gasteiger partial charge >= 0.3 is 0 Å². The molecule has 0 atom stereocenters. The minimum atomic E-state index is 0.357.